The van der Waals surface area contributed by atoms with Crippen molar-refractivity contribution in [2.45, 2.75) is 39.3 Å². The zero-order valence-electron chi connectivity index (χ0n) is 18.2. The van der Waals surface area contributed by atoms with Gasteiger partial charge in [-0.25, -0.2) is 9.31 Å². The van der Waals surface area contributed by atoms with Gasteiger partial charge < -0.3 is 10.0 Å². The first-order valence-corrected chi connectivity index (χ1v) is 11.0. The van der Waals surface area contributed by atoms with Crippen LogP contribution in [-0.4, -0.2) is 67.8 Å². The Morgan fingerprint density at radius 1 is 1.13 bits per heavy atom. The molecule has 1 aliphatic heterocycles. The molecule has 0 atom stereocenters. The number of carbonyl (C=O) groups is 1. The van der Waals surface area contributed by atoms with Gasteiger partial charge in [-0.3, -0.25) is 10.2 Å². The summed E-state index contributed by atoms with van der Waals surface area (Å²) >= 11 is 0. The summed E-state index contributed by atoms with van der Waals surface area (Å²) in [4.78, 5) is 20.2. The second kappa shape index (κ2) is 9.45. The van der Waals surface area contributed by atoms with Crippen LogP contribution in [0.1, 0.15) is 32.3 Å². The van der Waals surface area contributed by atoms with Crippen molar-refractivity contribution < 1.29 is 9.90 Å². The highest BCUT2D eigenvalue weighted by Gasteiger charge is 2.22. The molecule has 0 spiro atoms. The van der Waals surface area contributed by atoms with E-state index >= 15 is 0 Å². The van der Waals surface area contributed by atoms with Crippen molar-refractivity contribution >= 4 is 17.7 Å². The first kappa shape index (κ1) is 21.3. The number of pyridine rings is 1. The number of nitrogens with one attached hydrogen (secondary N) is 1. The maximum atomic E-state index is 10.9. The number of hydrogen-bond acceptors (Lipinski definition) is 5. The number of amides is 1. The number of fused-ring (bicyclic) bond motifs is 1. The van der Waals surface area contributed by atoms with Crippen molar-refractivity contribution in [1.29, 1.82) is 0 Å². The molecule has 2 N–H and O–H groups in total. The standard InChI is InChI=1S/C23H30N6O2/c1-3-28(4-2)19-12-14-27(15-13-19)16-17-8-10-18(11-9-17)20-6-5-7-21-24-22(25-23(30)31)26-29(20)21/h5-11,19H,3-4,12-16H2,1-2H3,(H,25,26)(H,30,31). The van der Waals surface area contributed by atoms with Gasteiger partial charge in [0.2, 0.25) is 0 Å². The predicted molar refractivity (Wildman–Crippen MR) is 121 cm³/mol. The summed E-state index contributed by atoms with van der Waals surface area (Å²) < 4.78 is 1.66. The van der Waals surface area contributed by atoms with Gasteiger partial charge in [0, 0.05) is 18.2 Å². The highest BCUT2D eigenvalue weighted by Crippen LogP contribution is 2.23. The van der Waals surface area contributed by atoms with Crippen LogP contribution in [0, 0.1) is 0 Å². The highest BCUT2D eigenvalue weighted by molar-refractivity contribution is 5.80. The predicted octanol–water partition coefficient (Wildman–Crippen LogP) is 3.79. The maximum Gasteiger partial charge on any atom is 0.411 e. The zero-order chi connectivity index (χ0) is 21.8. The number of piperidine rings is 1. The van der Waals surface area contributed by atoms with Crippen LogP contribution < -0.4 is 5.32 Å². The van der Waals surface area contributed by atoms with Gasteiger partial charge in [0.05, 0.1) is 5.69 Å². The van der Waals surface area contributed by atoms with Crippen LogP contribution in [0.3, 0.4) is 0 Å². The Hall–Kier alpha value is -2.97. The first-order chi connectivity index (χ1) is 15.1. The lowest BCUT2D eigenvalue weighted by Crippen LogP contribution is -2.44. The molecule has 2 aromatic heterocycles. The summed E-state index contributed by atoms with van der Waals surface area (Å²) in [5, 5.41) is 15.4. The maximum absolute atomic E-state index is 10.9. The number of nitrogens with zero attached hydrogens (tertiary/aromatic N) is 5. The van der Waals surface area contributed by atoms with Crippen molar-refractivity contribution in [2.24, 2.45) is 0 Å². The van der Waals surface area contributed by atoms with E-state index in [-0.39, 0.29) is 5.95 Å². The van der Waals surface area contributed by atoms with Crippen LogP contribution in [0.25, 0.3) is 16.9 Å². The van der Waals surface area contributed by atoms with E-state index in [9.17, 15) is 4.79 Å². The van der Waals surface area contributed by atoms with Gasteiger partial charge in [0.1, 0.15) is 0 Å². The van der Waals surface area contributed by atoms with Crippen LogP contribution in [0.4, 0.5) is 10.7 Å². The molecule has 8 heteroatoms. The van der Waals surface area contributed by atoms with E-state index in [0.717, 1.165) is 50.0 Å². The lowest BCUT2D eigenvalue weighted by Gasteiger charge is -2.37. The van der Waals surface area contributed by atoms with E-state index in [1.165, 1.54) is 18.4 Å². The van der Waals surface area contributed by atoms with Gasteiger partial charge >= 0.3 is 6.09 Å². The molecule has 164 valence electrons. The number of carboxylic acid groups (broad SMARTS) is 1. The van der Waals surface area contributed by atoms with E-state index in [4.69, 9.17) is 5.11 Å². The highest BCUT2D eigenvalue weighted by atomic mass is 16.4. The van der Waals surface area contributed by atoms with Crippen molar-refractivity contribution in [3.05, 3.63) is 48.0 Å². The van der Waals surface area contributed by atoms with E-state index in [2.05, 4.69) is 63.3 Å². The molecule has 3 aromatic rings. The number of rotatable bonds is 7. The normalized spacial score (nSPS) is 15.6. The topological polar surface area (TPSA) is 86.0 Å². The molecule has 0 radical (unpaired) electrons. The Morgan fingerprint density at radius 3 is 2.48 bits per heavy atom. The Bertz CT molecular complexity index is 1020. The van der Waals surface area contributed by atoms with Crippen LogP contribution in [-0.2, 0) is 6.54 Å². The molecule has 0 bridgehead atoms. The molecule has 1 aromatic carbocycles. The number of benzene rings is 1. The molecule has 0 unspecified atom stereocenters. The Morgan fingerprint density at radius 2 is 1.84 bits per heavy atom. The number of likely N-dealkylation sites (tertiary alicyclic amines) is 1. The molecule has 1 amide bonds. The minimum absolute atomic E-state index is 0.0738. The molecule has 4 rings (SSSR count). The van der Waals surface area contributed by atoms with E-state index in [1.807, 2.05) is 12.1 Å². The van der Waals surface area contributed by atoms with Gasteiger partial charge in [-0.05, 0) is 56.7 Å². The fraction of sp³-hybridized carbons (Fsp3) is 0.435. The Labute approximate surface area is 182 Å². The Balaban J connectivity index is 1.43. The number of anilines is 1. The van der Waals surface area contributed by atoms with Crippen molar-refractivity contribution in [2.75, 3.05) is 31.5 Å². The van der Waals surface area contributed by atoms with Crippen LogP contribution in [0.15, 0.2) is 42.5 Å². The van der Waals surface area contributed by atoms with Gasteiger partial charge in [-0.2, -0.15) is 4.98 Å². The molecule has 1 aliphatic rings. The molecule has 0 aliphatic carbocycles. The monoisotopic (exact) mass is 422 g/mol. The third-order valence-corrected chi connectivity index (χ3v) is 6.12. The summed E-state index contributed by atoms with van der Waals surface area (Å²) in [6.07, 6.45) is 1.30. The molecule has 1 fully saturated rings. The lowest BCUT2D eigenvalue weighted by atomic mass is 10.0. The Kier molecular flexibility index (Phi) is 6.48. The quantitative estimate of drug-likeness (QED) is 0.602. The summed E-state index contributed by atoms with van der Waals surface area (Å²) in [7, 11) is 0. The lowest BCUT2D eigenvalue weighted by molar-refractivity contribution is 0.113. The van der Waals surface area contributed by atoms with Crippen LogP contribution in [0.5, 0.6) is 0 Å². The summed E-state index contributed by atoms with van der Waals surface area (Å²) in [5.74, 6) is 0.0738. The van der Waals surface area contributed by atoms with Gasteiger partial charge in [-0.1, -0.05) is 44.2 Å². The first-order valence-electron chi connectivity index (χ1n) is 11.0. The number of hydrogen-bond donors (Lipinski definition) is 2. The minimum atomic E-state index is -1.18. The fourth-order valence-corrected chi connectivity index (χ4v) is 4.49. The average Bonchev–Trinajstić information content (AvgIpc) is 3.18. The number of aromatic nitrogens is 3. The van der Waals surface area contributed by atoms with Gasteiger partial charge in [0.15, 0.2) is 5.65 Å². The molecule has 31 heavy (non-hydrogen) atoms. The summed E-state index contributed by atoms with van der Waals surface area (Å²) in [6.45, 7) is 10.0. The summed E-state index contributed by atoms with van der Waals surface area (Å²) in [5.41, 5.74) is 3.78. The molecule has 8 nitrogen and oxygen atoms in total. The van der Waals surface area contributed by atoms with Crippen LogP contribution in [0.2, 0.25) is 0 Å². The molecular weight excluding hydrogens is 392 g/mol. The molecule has 0 saturated carbocycles. The summed E-state index contributed by atoms with van der Waals surface area (Å²) in [6, 6.07) is 14.9. The van der Waals surface area contributed by atoms with Gasteiger partial charge in [0.25, 0.3) is 5.95 Å². The van der Waals surface area contributed by atoms with Crippen molar-refractivity contribution in [1.82, 2.24) is 24.4 Å². The van der Waals surface area contributed by atoms with Crippen molar-refractivity contribution in [3.63, 3.8) is 0 Å². The second-order valence-electron chi connectivity index (χ2n) is 7.97. The second-order valence-corrected chi connectivity index (χ2v) is 7.97. The fourth-order valence-electron chi connectivity index (χ4n) is 4.49. The van der Waals surface area contributed by atoms with E-state index in [0.29, 0.717) is 5.65 Å². The van der Waals surface area contributed by atoms with Crippen molar-refractivity contribution in [3.8, 4) is 11.3 Å². The van der Waals surface area contributed by atoms with Gasteiger partial charge in [-0.15, -0.1) is 5.10 Å². The molecule has 1 saturated heterocycles. The van der Waals surface area contributed by atoms with E-state index in [1.54, 1.807) is 10.6 Å². The molecule has 3 heterocycles. The van der Waals surface area contributed by atoms with E-state index < -0.39 is 6.09 Å². The average molecular weight is 423 g/mol. The molecular formula is C23H30N6O2. The third kappa shape index (κ3) is 4.86. The largest absolute Gasteiger partial charge is 0.465 e. The SMILES string of the molecule is CCN(CC)C1CCN(Cc2ccc(-c3cccc4nc(NC(=O)O)nn34)cc2)CC1. The van der Waals surface area contributed by atoms with Crippen LogP contribution >= 0.6 is 0 Å². The minimum Gasteiger partial charge on any atom is -0.465 e. The third-order valence-electron chi connectivity index (χ3n) is 6.12. The smallest absolute Gasteiger partial charge is 0.411 e. The zero-order valence-corrected chi connectivity index (χ0v) is 18.2.